The summed E-state index contributed by atoms with van der Waals surface area (Å²) in [7, 11) is 0. The van der Waals surface area contributed by atoms with E-state index in [4.69, 9.17) is 0 Å². The van der Waals surface area contributed by atoms with Crippen molar-refractivity contribution in [3.05, 3.63) is 198 Å². The molecule has 0 saturated carbocycles. The van der Waals surface area contributed by atoms with Gasteiger partial charge in [-0.25, -0.2) is 0 Å². The Kier molecular flexibility index (Phi) is 5.27. The van der Waals surface area contributed by atoms with Crippen molar-refractivity contribution in [1.29, 1.82) is 0 Å². The van der Waals surface area contributed by atoms with Crippen LogP contribution >= 0.6 is 0 Å². The first kappa shape index (κ1) is 25.4. The van der Waals surface area contributed by atoms with E-state index < -0.39 is 0 Å². The Labute approximate surface area is 268 Å². The summed E-state index contributed by atoms with van der Waals surface area (Å²) in [4.78, 5) is 2.46. The van der Waals surface area contributed by atoms with Gasteiger partial charge in [0, 0.05) is 16.8 Å². The summed E-state index contributed by atoms with van der Waals surface area (Å²) in [5, 5.41) is 5.01. The van der Waals surface area contributed by atoms with Crippen LogP contribution in [-0.4, -0.2) is 0 Å². The number of hydrogen-bond acceptors (Lipinski definition) is 1. The highest BCUT2D eigenvalue weighted by Crippen LogP contribution is 2.63. The second-order valence-electron chi connectivity index (χ2n) is 12.5. The molecule has 1 nitrogen and oxygen atoms in total. The van der Waals surface area contributed by atoms with Gasteiger partial charge in [0.05, 0.1) is 11.1 Å². The molecule has 46 heavy (non-hydrogen) atoms. The Morgan fingerprint density at radius 1 is 0.326 bits per heavy atom. The van der Waals surface area contributed by atoms with Gasteiger partial charge >= 0.3 is 0 Å². The van der Waals surface area contributed by atoms with Crippen LogP contribution in [0.4, 0.5) is 17.1 Å². The predicted octanol–water partition coefficient (Wildman–Crippen LogP) is 11.8. The summed E-state index contributed by atoms with van der Waals surface area (Å²) >= 11 is 0. The molecule has 0 amide bonds. The minimum absolute atomic E-state index is 0.386. The molecular weight excluding hydrogens is 555 g/mol. The molecule has 8 aromatic rings. The summed E-state index contributed by atoms with van der Waals surface area (Å²) in [6.07, 6.45) is 0. The van der Waals surface area contributed by atoms with Crippen LogP contribution in [0.25, 0.3) is 43.8 Å². The van der Waals surface area contributed by atoms with Crippen LogP contribution in [0.2, 0.25) is 0 Å². The number of anilines is 3. The molecule has 0 radical (unpaired) electrons. The summed E-state index contributed by atoms with van der Waals surface area (Å²) in [5.74, 6) is 0. The lowest BCUT2D eigenvalue weighted by Crippen LogP contribution is -2.26. The van der Waals surface area contributed by atoms with Gasteiger partial charge < -0.3 is 4.90 Å². The molecule has 8 aromatic carbocycles. The molecule has 0 aliphatic heterocycles. The van der Waals surface area contributed by atoms with Crippen molar-refractivity contribution >= 4 is 38.6 Å². The van der Waals surface area contributed by atoms with Crippen molar-refractivity contribution in [2.24, 2.45) is 0 Å². The fourth-order valence-electron chi connectivity index (χ4n) is 8.45. The standard InChI is InChI=1S/C45H29N/c1-2-15-31(16-3-1)46(44-28-30-14-4-5-17-33(30)34-18-6-7-22-39(34)44)32-26-27-38-37-21-10-13-25-42(37)45(43(38)29-32)40-23-11-8-19-35(40)36-20-9-12-24-41(36)45/h1-29H. The van der Waals surface area contributed by atoms with Crippen molar-refractivity contribution in [3.8, 4) is 22.3 Å². The van der Waals surface area contributed by atoms with Crippen molar-refractivity contribution in [3.63, 3.8) is 0 Å². The smallest absolute Gasteiger partial charge is 0.0726 e. The van der Waals surface area contributed by atoms with Crippen LogP contribution in [0.1, 0.15) is 22.3 Å². The maximum atomic E-state index is 2.48. The molecule has 1 spiro atoms. The highest BCUT2D eigenvalue weighted by molar-refractivity contribution is 6.14. The molecule has 0 saturated heterocycles. The Bertz CT molecular complexity index is 2430. The molecule has 10 rings (SSSR count). The van der Waals surface area contributed by atoms with Gasteiger partial charge in [-0.3, -0.25) is 0 Å². The summed E-state index contributed by atoms with van der Waals surface area (Å²) in [6, 6.07) is 65.0. The lowest BCUT2D eigenvalue weighted by molar-refractivity contribution is 0.793. The number of rotatable bonds is 3. The maximum absolute atomic E-state index is 2.48. The predicted molar refractivity (Wildman–Crippen MR) is 192 cm³/mol. The minimum atomic E-state index is -0.386. The number of fused-ring (bicyclic) bond motifs is 13. The molecular formula is C45H29N. The van der Waals surface area contributed by atoms with E-state index in [-0.39, 0.29) is 5.41 Å². The molecule has 0 atom stereocenters. The van der Waals surface area contributed by atoms with Crippen molar-refractivity contribution in [2.75, 3.05) is 4.90 Å². The Morgan fingerprint density at radius 2 is 0.826 bits per heavy atom. The first-order valence-corrected chi connectivity index (χ1v) is 16.0. The fourth-order valence-corrected chi connectivity index (χ4v) is 8.45. The van der Waals surface area contributed by atoms with E-state index in [1.165, 1.54) is 71.7 Å². The molecule has 1 heteroatoms. The van der Waals surface area contributed by atoms with E-state index in [1.54, 1.807) is 0 Å². The Hall–Kier alpha value is -5.92. The zero-order chi connectivity index (χ0) is 30.2. The van der Waals surface area contributed by atoms with Crippen LogP contribution in [-0.2, 0) is 5.41 Å². The van der Waals surface area contributed by atoms with Crippen LogP contribution in [0, 0.1) is 0 Å². The van der Waals surface area contributed by atoms with E-state index in [0.717, 1.165) is 11.4 Å². The van der Waals surface area contributed by atoms with Crippen LogP contribution in [0.15, 0.2) is 176 Å². The van der Waals surface area contributed by atoms with Crippen molar-refractivity contribution in [1.82, 2.24) is 0 Å². The Morgan fingerprint density at radius 3 is 1.48 bits per heavy atom. The number of para-hydroxylation sites is 1. The third-order valence-electron chi connectivity index (χ3n) is 10.2. The highest BCUT2D eigenvalue weighted by atomic mass is 15.1. The number of benzene rings is 8. The Balaban J connectivity index is 1.30. The quantitative estimate of drug-likeness (QED) is 0.187. The minimum Gasteiger partial charge on any atom is -0.310 e. The van der Waals surface area contributed by atoms with Gasteiger partial charge in [-0.05, 0) is 91.0 Å². The molecule has 214 valence electrons. The van der Waals surface area contributed by atoms with Gasteiger partial charge in [0.1, 0.15) is 0 Å². The molecule has 2 aliphatic rings. The first-order valence-electron chi connectivity index (χ1n) is 16.0. The van der Waals surface area contributed by atoms with Gasteiger partial charge in [0.15, 0.2) is 0 Å². The number of nitrogens with zero attached hydrogens (tertiary/aromatic N) is 1. The average Bonchev–Trinajstić information content (AvgIpc) is 3.59. The van der Waals surface area contributed by atoms with Gasteiger partial charge in [0.2, 0.25) is 0 Å². The lowest BCUT2D eigenvalue weighted by atomic mass is 9.70. The fraction of sp³-hybridized carbons (Fsp3) is 0.0222. The SMILES string of the molecule is c1ccc(N(c2ccc3c(c2)C2(c4ccccc4-c4ccccc42)c2ccccc2-3)c2cc3ccccc3c3ccccc23)cc1. The molecule has 0 aromatic heterocycles. The van der Waals surface area contributed by atoms with E-state index >= 15 is 0 Å². The summed E-state index contributed by atoms with van der Waals surface area (Å²) in [6.45, 7) is 0. The molecule has 2 aliphatic carbocycles. The third-order valence-corrected chi connectivity index (χ3v) is 10.2. The van der Waals surface area contributed by atoms with E-state index in [1.807, 2.05) is 0 Å². The summed E-state index contributed by atoms with van der Waals surface area (Å²) < 4.78 is 0. The van der Waals surface area contributed by atoms with Crippen LogP contribution in [0.5, 0.6) is 0 Å². The summed E-state index contributed by atoms with van der Waals surface area (Å²) in [5.41, 5.74) is 13.8. The maximum Gasteiger partial charge on any atom is 0.0726 e. The highest BCUT2D eigenvalue weighted by Gasteiger charge is 2.51. The van der Waals surface area contributed by atoms with Gasteiger partial charge in [-0.15, -0.1) is 0 Å². The third kappa shape index (κ3) is 3.29. The van der Waals surface area contributed by atoms with Gasteiger partial charge in [-0.2, -0.15) is 0 Å². The van der Waals surface area contributed by atoms with Crippen molar-refractivity contribution < 1.29 is 0 Å². The van der Waals surface area contributed by atoms with E-state index in [2.05, 4.69) is 181 Å². The molecule has 0 fully saturated rings. The topological polar surface area (TPSA) is 3.24 Å². The monoisotopic (exact) mass is 583 g/mol. The number of hydrogen-bond donors (Lipinski definition) is 0. The molecule has 0 unspecified atom stereocenters. The molecule has 0 N–H and O–H groups in total. The zero-order valence-electron chi connectivity index (χ0n) is 25.2. The van der Waals surface area contributed by atoms with E-state index in [9.17, 15) is 0 Å². The van der Waals surface area contributed by atoms with Crippen molar-refractivity contribution in [2.45, 2.75) is 5.41 Å². The molecule has 0 heterocycles. The van der Waals surface area contributed by atoms with Crippen LogP contribution < -0.4 is 4.90 Å². The molecule has 0 bridgehead atoms. The van der Waals surface area contributed by atoms with Gasteiger partial charge in [0.25, 0.3) is 0 Å². The lowest BCUT2D eigenvalue weighted by Gasteiger charge is -2.32. The largest absolute Gasteiger partial charge is 0.310 e. The normalized spacial score (nSPS) is 13.4. The van der Waals surface area contributed by atoms with E-state index in [0.29, 0.717) is 0 Å². The average molecular weight is 584 g/mol. The second kappa shape index (κ2) is 9.54. The zero-order valence-corrected chi connectivity index (χ0v) is 25.2. The second-order valence-corrected chi connectivity index (χ2v) is 12.5. The van der Waals surface area contributed by atoms with Gasteiger partial charge in [-0.1, -0.05) is 146 Å². The first-order chi connectivity index (χ1) is 22.8. The van der Waals surface area contributed by atoms with Crippen LogP contribution in [0.3, 0.4) is 0 Å².